The number of carbonyl (C=O) groups excluding carboxylic acids is 1. The highest BCUT2D eigenvalue weighted by atomic mass is 32.1. The van der Waals surface area contributed by atoms with Crippen LogP contribution in [0.15, 0.2) is 35.7 Å². The van der Waals surface area contributed by atoms with E-state index in [0.717, 1.165) is 16.0 Å². The van der Waals surface area contributed by atoms with E-state index in [4.69, 9.17) is 0 Å². The second-order valence-corrected chi connectivity index (χ2v) is 5.10. The van der Waals surface area contributed by atoms with E-state index in [0.29, 0.717) is 6.42 Å². The Morgan fingerprint density at radius 1 is 1.12 bits per heavy atom. The van der Waals surface area contributed by atoms with Gasteiger partial charge in [-0.1, -0.05) is 29.8 Å². The normalized spacial score (nSPS) is 10.4. The van der Waals surface area contributed by atoms with Crippen LogP contribution < -0.4 is 0 Å². The largest absolute Gasteiger partial charge is 0.294 e. The van der Waals surface area contributed by atoms with Gasteiger partial charge in [0.15, 0.2) is 5.78 Å². The van der Waals surface area contributed by atoms with Crippen molar-refractivity contribution in [1.82, 2.24) is 0 Å². The van der Waals surface area contributed by atoms with Crippen molar-refractivity contribution < 1.29 is 4.79 Å². The van der Waals surface area contributed by atoms with Gasteiger partial charge in [-0.05, 0) is 30.9 Å². The van der Waals surface area contributed by atoms with Crippen molar-refractivity contribution in [3.05, 3.63) is 57.3 Å². The van der Waals surface area contributed by atoms with E-state index in [9.17, 15) is 4.79 Å². The number of aryl methyl sites for hydroxylation is 2. The van der Waals surface area contributed by atoms with Gasteiger partial charge < -0.3 is 0 Å². The first-order chi connectivity index (χ1) is 7.66. The van der Waals surface area contributed by atoms with Gasteiger partial charge in [0.05, 0.1) is 0 Å². The molecule has 0 aliphatic rings. The summed E-state index contributed by atoms with van der Waals surface area (Å²) in [5, 5.41) is 1.97. The van der Waals surface area contributed by atoms with Gasteiger partial charge in [0.2, 0.25) is 0 Å². The fourth-order valence-electron chi connectivity index (χ4n) is 1.66. The molecule has 0 saturated heterocycles. The highest BCUT2D eigenvalue weighted by Gasteiger charge is 2.10. The SMILES string of the molecule is Cc1ccc(CC(=O)c2ccsc2C)cc1. The van der Waals surface area contributed by atoms with E-state index >= 15 is 0 Å². The minimum atomic E-state index is 0.211. The van der Waals surface area contributed by atoms with Crippen LogP contribution in [-0.4, -0.2) is 5.78 Å². The molecule has 0 unspecified atom stereocenters. The molecule has 0 atom stereocenters. The number of carbonyl (C=O) groups is 1. The summed E-state index contributed by atoms with van der Waals surface area (Å²) < 4.78 is 0. The van der Waals surface area contributed by atoms with Gasteiger partial charge in [0.25, 0.3) is 0 Å². The standard InChI is InChI=1S/C14H14OS/c1-10-3-5-12(6-4-10)9-14(15)13-7-8-16-11(13)2/h3-8H,9H2,1-2H3. The van der Waals surface area contributed by atoms with E-state index < -0.39 is 0 Å². The minimum Gasteiger partial charge on any atom is -0.294 e. The highest BCUT2D eigenvalue weighted by molar-refractivity contribution is 7.10. The number of benzene rings is 1. The van der Waals surface area contributed by atoms with Crippen LogP contribution in [0.1, 0.15) is 26.4 Å². The zero-order valence-electron chi connectivity index (χ0n) is 9.49. The van der Waals surface area contributed by atoms with Gasteiger partial charge >= 0.3 is 0 Å². The van der Waals surface area contributed by atoms with Crippen LogP contribution in [0.5, 0.6) is 0 Å². The maximum atomic E-state index is 12.0. The molecule has 0 bridgehead atoms. The number of ketones is 1. The number of Topliss-reactive ketones (excluding diaryl/α,β-unsaturated/α-hetero) is 1. The molecular formula is C14H14OS. The summed E-state index contributed by atoms with van der Waals surface area (Å²) in [5.74, 6) is 0.211. The van der Waals surface area contributed by atoms with E-state index in [-0.39, 0.29) is 5.78 Å². The van der Waals surface area contributed by atoms with E-state index in [2.05, 4.69) is 6.92 Å². The highest BCUT2D eigenvalue weighted by Crippen LogP contribution is 2.17. The Morgan fingerprint density at radius 3 is 2.38 bits per heavy atom. The molecule has 0 radical (unpaired) electrons. The molecule has 82 valence electrons. The first-order valence-corrected chi connectivity index (χ1v) is 6.17. The molecule has 0 amide bonds. The Morgan fingerprint density at radius 2 is 1.81 bits per heavy atom. The summed E-state index contributed by atoms with van der Waals surface area (Å²) in [6.45, 7) is 4.04. The Hall–Kier alpha value is -1.41. The van der Waals surface area contributed by atoms with E-state index in [1.54, 1.807) is 11.3 Å². The molecule has 0 spiro atoms. The molecule has 16 heavy (non-hydrogen) atoms. The van der Waals surface area contributed by atoms with Gasteiger partial charge in [-0.3, -0.25) is 4.79 Å². The van der Waals surface area contributed by atoms with Gasteiger partial charge in [-0.25, -0.2) is 0 Å². The molecule has 1 heterocycles. The quantitative estimate of drug-likeness (QED) is 0.733. The maximum absolute atomic E-state index is 12.0. The fourth-order valence-corrected chi connectivity index (χ4v) is 2.38. The molecule has 2 aromatic rings. The summed E-state index contributed by atoms with van der Waals surface area (Å²) >= 11 is 1.62. The van der Waals surface area contributed by atoms with Gasteiger partial charge in [-0.15, -0.1) is 11.3 Å². The zero-order valence-corrected chi connectivity index (χ0v) is 10.3. The summed E-state index contributed by atoms with van der Waals surface area (Å²) in [7, 11) is 0. The van der Waals surface area contributed by atoms with Crippen LogP contribution in [0.4, 0.5) is 0 Å². The molecule has 0 saturated carbocycles. The monoisotopic (exact) mass is 230 g/mol. The van der Waals surface area contributed by atoms with E-state index in [1.807, 2.05) is 42.6 Å². The van der Waals surface area contributed by atoms with Gasteiger partial charge in [0, 0.05) is 16.9 Å². The second-order valence-electron chi connectivity index (χ2n) is 3.98. The van der Waals surface area contributed by atoms with Crippen molar-refractivity contribution in [1.29, 1.82) is 0 Å². The Labute approximate surface area is 99.8 Å². The van der Waals surface area contributed by atoms with Crippen LogP contribution in [0.2, 0.25) is 0 Å². The van der Waals surface area contributed by atoms with Crippen molar-refractivity contribution in [2.24, 2.45) is 0 Å². The molecule has 2 rings (SSSR count). The predicted molar refractivity (Wildman–Crippen MR) is 68.3 cm³/mol. The predicted octanol–water partition coefficient (Wildman–Crippen LogP) is 3.79. The molecular weight excluding hydrogens is 216 g/mol. The van der Waals surface area contributed by atoms with E-state index in [1.165, 1.54) is 5.56 Å². The summed E-state index contributed by atoms with van der Waals surface area (Å²) in [5.41, 5.74) is 3.18. The minimum absolute atomic E-state index is 0.211. The third-order valence-electron chi connectivity index (χ3n) is 2.64. The fraction of sp³-hybridized carbons (Fsp3) is 0.214. The zero-order chi connectivity index (χ0) is 11.5. The molecule has 1 aromatic carbocycles. The molecule has 1 aromatic heterocycles. The lowest BCUT2D eigenvalue weighted by molar-refractivity contribution is 0.0993. The average molecular weight is 230 g/mol. The molecule has 0 aliphatic heterocycles. The van der Waals surface area contributed by atoms with Crippen LogP contribution in [0.25, 0.3) is 0 Å². The number of hydrogen-bond donors (Lipinski definition) is 0. The Balaban J connectivity index is 2.14. The van der Waals surface area contributed by atoms with Crippen molar-refractivity contribution >= 4 is 17.1 Å². The summed E-state index contributed by atoms with van der Waals surface area (Å²) in [6.07, 6.45) is 0.498. The van der Waals surface area contributed by atoms with Crippen molar-refractivity contribution in [2.75, 3.05) is 0 Å². The van der Waals surface area contributed by atoms with Crippen LogP contribution in [0.3, 0.4) is 0 Å². The van der Waals surface area contributed by atoms with Gasteiger partial charge in [0.1, 0.15) is 0 Å². The van der Waals surface area contributed by atoms with Crippen LogP contribution in [-0.2, 0) is 6.42 Å². The summed E-state index contributed by atoms with van der Waals surface area (Å²) in [6, 6.07) is 10.0. The maximum Gasteiger partial charge on any atom is 0.168 e. The number of rotatable bonds is 3. The van der Waals surface area contributed by atoms with Crippen LogP contribution >= 0.6 is 11.3 Å². The van der Waals surface area contributed by atoms with Crippen molar-refractivity contribution in [3.8, 4) is 0 Å². The molecule has 1 nitrogen and oxygen atoms in total. The first-order valence-electron chi connectivity index (χ1n) is 5.29. The lowest BCUT2D eigenvalue weighted by Gasteiger charge is -2.01. The first kappa shape index (κ1) is 11.1. The smallest absolute Gasteiger partial charge is 0.168 e. The van der Waals surface area contributed by atoms with Crippen molar-refractivity contribution in [3.63, 3.8) is 0 Å². The lowest BCUT2D eigenvalue weighted by Crippen LogP contribution is -2.03. The molecule has 0 fully saturated rings. The third-order valence-corrected chi connectivity index (χ3v) is 3.49. The van der Waals surface area contributed by atoms with Crippen LogP contribution in [0, 0.1) is 13.8 Å². The average Bonchev–Trinajstić information content (AvgIpc) is 2.68. The molecule has 0 N–H and O–H groups in total. The Bertz CT molecular complexity index is 494. The molecule has 2 heteroatoms. The van der Waals surface area contributed by atoms with Crippen molar-refractivity contribution in [2.45, 2.75) is 20.3 Å². The topological polar surface area (TPSA) is 17.1 Å². The molecule has 0 aliphatic carbocycles. The number of thiophene rings is 1. The lowest BCUT2D eigenvalue weighted by atomic mass is 10.0. The second kappa shape index (κ2) is 4.62. The number of hydrogen-bond acceptors (Lipinski definition) is 2. The Kier molecular flexibility index (Phi) is 3.20. The summed E-state index contributed by atoms with van der Waals surface area (Å²) in [4.78, 5) is 13.1. The van der Waals surface area contributed by atoms with Gasteiger partial charge in [-0.2, -0.15) is 0 Å². The third kappa shape index (κ3) is 2.39.